The largest absolute Gasteiger partial charge is 0.476 e. The second kappa shape index (κ2) is 4.51. The van der Waals surface area contributed by atoms with E-state index in [1.54, 1.807) is 36.9 Å². The molecule has 0 N–H and O–H groups in total. The van der Waals surface area contributed by atoms with Crippen LogP contribution >= 0.6 is 11.6 Å². The lowest BCUT2D eigenvalue weighted by molar-refractivity contribution is -0.132. The lowest BCUT2D eigenvalue weighted by atomic mass is 10.0. The SMILES string of the molecule is CC1(C)Oc2ccc(Cl)cc2N(CCC#N)C1=O. The molecule has 1 aromatic carbocycles. The van der Waals surface area contributed by atoms with Gasteiger partial charge in [0.05, 0.1) is 18.2 Å². The normalized spacial score (nSPS) is 16.8. The van der Waals surface area contributed by atoms with Crippen LogP contribution in [0, 0.1) is 11.3 Å². The number of carbonyl (C=O) groups excluding carboxylic acids is 1. The minimum Gasteiger partial charge on any atom is -0.476 e. The van der Waals surface area contributed by atoms with Gasteiger partial charge in [0.15, 0.2) is 5.60 Å². The number of rotatable bonds is 2. The van der Waals surface area contributed by atoms with Gasteiger partial charge >= 0.3 is 0 Å². The Hall–Kier alpha value is -1.73. The van der Waals surface area contributed by atoms with Crippen LogP contribution in [-0.2, 0) is 4.79 Å². The van der Waals surface area contributed by atoms with Crippen LogP contribution in [0.3, 0.4) is 0 Å². The molecule has 4 nitrogen and oxygen atoms in total. The highest BCUT2D eigenvalue weighted by Gasteiger charge is 2.40. The van der Waals surface area contributed by atoms with Crippen molar-refractivity contribution in [3.05, 3.63) is 23.2 Å². The first-order valence-corrected chi connectivity index (χ1v) is 6.01. The molecule has 0 radical (unpaired) electrons. The van der Waals surface area contributed by atoms with Gasteiger partial charge in [0, 0.05) is 11.6 Å². The van der Waals surface area contributed by atoms with E-state index in [9.17, 15) is 4.79 Å². The number of benzene rings is 1. The third-order valence-corrected chi connectivity index (χ3v) is 3.02. The van der Waals surface area contributed by atoms with Gasteiger partial charge in [-0.25, -0.2) is 0 Å². The zero-order chi connectivity index (χ0) is 13.3. The van der Waals surface area contributed by atoms with Crippen molar-refractivity contribution in [1.29, 1.82) is 5.26 Å². The van der Waals surface area contributed by atoms with Gasteiger partial charge in [0.25, 0.3) is 5.91 Å². The average molecular weight is 265 g/mol. The summed E-state index contributed by atoms with van der Waals surface area (Å²) in [5, 5.41) is 9.20. The summed E-state index contributed by atoms with van der Waals surface area (Å²) in [5.41, 5.74) is -0.293. The Balaban J connectivity index is 2.47. The number of hydrogen-bond donors (Lipinski definition) is 0. The molecule has 1 aliphatic heterocycles. The van der Waals surface area contributed by atoms with E-state index < -0.39 is 5.60 Å². The van der Waals surface area contributed by atoms with Crippen LogP contribution in [0.25, 0.3) is 0 Å². The summed E-state index contributed by atoms with van der Waals surface area (Å²) < 4.78 is 5.66. The monoisotopic (exact) mass is 264 g/mol. The minimum absolute atomic E-state index is 0.160. The maximum absolute atomic E-state index is 12.3. The molecule has 18 heavy (non-hydrogen) atoms. The van der Waals surface area contributed by atoms with Crippen LogP contribution in [0.5, 0.6) is 5.75 Å². The molecule has 0 atom stereocenters. The molecule has 0 unspecified atom stereocenters. The molecule has 1 aromatic rings. The third kappa shape index (κ3) is 2.14. The lowest BCUT2D eigenvalue weighted by Gasteiger charge is -2.38. The first-order chi connectivity index (χ1) is 8.45. The number of amides is 1. The summed E-state index contributed by atoms with van der Waals surface area (Å²) in [6.07, 6.45) is 0.272. The van der Waals surface area contributed by atoms with E-state index in [0.29, 0.717) is 23.0 Å². The highest BCUT2D eigenvalue weighted by atomic mass is 35.5. The number of halogens is 1. The van der Waals surface area contributed by atoms with Crippen LogP contribution in [0.4, 0.5) is 5.69 Å². The maximum atomic E-state index is 12.3. The molecule has 0 saturated heterocycles. The Bertz CT molecular complexity index is 534. The predicted molar refractivity (Wildman–Crippen MR) is 68.7 cm³/mol. The van der Waals surface area contributed by atoms with Crippen molar-refractivity contribution in [3.8, 4) is 11.8 Å². The fourth-order valence-electron chi connectivity index (χ4n) is 1.92. The smallest absolute Gasteiger partial charge is 0.270 e. The molecule has 94 valence electrons. The molecule has 2 rings (SSSR count). The molecule has 0 aromatic heterocycles. The molecular weight excluding hydrogens is 252 g/mol. The van der Waals surface area contributed by atoms with Gasteiger partial charge in [0.2, 0.25) is 0 Å². The van der Waals surface area contributed by atoms with Crippen LogP contribution in [0.1, 0.15) is 20.3 Å². The van der Waals surface area contributed by atoms with E-state index in [-0.39, 0.29) is 12.3 Å². The van der Waals surface area contributed by atoms with E-state index in [1.807, 2.05) is 6.07 Å². The van der Waals surface area contributed by atoms with Crippen LogP contribution in [-0.4, -0.2) is 18.1 Å². The number of nitrogens with zero attached hydrogens (tertiary/aromatic N) is 2. The van der Waals surface area contributed by atoms with Crippen molar-refractivity contribution in [1.82, 2.24) is 0 Å². The van der Waals surface area contributed by atoms with Crippen molar-refractivity contribution in [2.45, 2.75) is 25.9 Å². The third-order valence-electron chi connectivity index (χ3n) is 2.78. The molecule has 1 heterocycles. The van der Waals surface area contributed by atoms with Gasteiger partial charge in [-0.3, -0.25) is 4.79 Å². The fourth-order valence-corrected chi connectivity index (χ4v) is 2.09. The number of hydrogen-bond acceptors (Lipinski definition) is 3. The highest BCUT2D eigenvalue weighted by Crippen LogP contribution is 2.39. The first-order valence-electron chi connectivity index (χ1n) is 5.63. The number of carbonyl (C=O) groups is 1. The summed E-state index contributed by atoms with van der Waals surface area (Å²) in [4.78, 5) is 13.8. The lowest BCUT2D eigenvalue weighted by Crippen LogP contribution is -2.52. The molecule has 1 amide bonds. The second-order valence-corrected chi connectivity index (χ2v) is 5.03. The molecule has 0 fully saturated rings. The highest BCUT2D eigenvalue weighted by molar-refractivity contribution is 6.31. The Morgan fingerprint density at radius 3 is 2.89 bits per heavy atom. The van der Waals surface area contributed by atoms with E-state index >= 15 is 0 Å². The van der Waals surface area contributed by atoms with Gasteiger partial charge in [0.1, 0.15) is 5.75 Å². The zero-order valence-corrected chi connectivity index (χ0v) is 11.0. The molecule has 5 heteroatoms. The van der Waals surface area contributed by atoms with Gasteiger partial charge in [-0.05, 0) is 32.0 Å². The Morgan fingerprint density at radius 2 is 2.22 bits per heavy atom. The topological polar surface area (TPSA) is 53.3 Å². The van der Waals surface area contributed by atoms with Crippen LogP contribution in [0.15, 0.2) is 18.2 Å². The Morgan fingerprint density at radius 1 is 1.50 bits per heavy atom. The molecule has 0 spiro atoms. The quantitative estimate of drug-likeness (QED) is 0.825. The predicted octanol–water partition coefficient (Wildman–Crippen LogP) is 2.76. The standard InChI is InChI=1S/C13H13ClN2O2/c1-13(2)12(17)16(7-3-6-15)10-8-9(14)4-5-11(10)18-13/h4-5,8H,3,7H2,1-2H3. The van der Waals surface area contributed by atoms with Crippen molar-refractivity contribution in [2.75, 3.05) is 11.4 Å². The summed E-state index contributed by atoms with van der Waals surface area (Å²) in [7, 11) is 0. The van der Waals surface area contributed by atoms with Gasteiger partial charge in [-0.2, -0.15) is 5.26 Å². The molecule has 0 bridgehead atoms. The number of fused-ring (bicyclic) bond motifs is 1. The summed E-state index contributed by atoms with van der Waals surface area (Å²) in [6.45, 7) is 3.77. The molecule has 0 aliphatic carbocycles. The van der Waals surface area contributed by atoms with Crippen LogP contribution < -0.4 is 9.64 Å². The summed E-state index contributed by atoms with van der Waals surface area (Å²) in [5.74, 6) is 0.453. The average Bonchev–Trinajstić information content (AvgIpc) is 2.31. The molecule has 1 aliphatic rings. The zero-order valence-electron chi connectivity index (χ0n) is 10.2. The molecule has 0 saturated carbocycles. The molecular formula is C13H13ClN2O2. The summed E-state index contributed by atoms with van der Waals surface area (Å²) in [6, 6.07) is 7.18. The number of anilines is 1. The van der Waals surface area contributed by atoms with Crippen LogP contribution in [0.2, 0.25) is 5.02 Å². The van der Waals surface area contributed by atoms with Gasteiger partial charge < -0.3 is 9.64 Å². The Kier molecular flexibility index (Phi) is 3.18. The maximum Gasteiger partial charge on any atom is 0.270 e. The van der Waals surface area contributed by atoms with E-state index in [4.69, 9.17) is 21.6 Å². The van der Waals surface area contributed by atoms with Crippen molar-refractivity contribution in [3.63, 3.8) is 0 Å². The Labute approximate surface area is 111 Å². The van der Waals surface area contributed by atoms with E-state index in [1.165, 1.54) is 0 Å². The van der Waals surface area contributed by atoms with Crippen molar-refractivity contribution < 1.29 is 9.53 Å². The second-order valence-electron chi connectivity index (χ2n) is 4.59. The van der Waals surface area contributed by atoms with E-state index in [2.05, 4.69) is 0 Å². The number of nitriles is 1. The van der Waals surface area contributed by atoms with Gasteiger partial charge in [-0.1, -0.05) is 11.6 Å². The van der Waals surface area contributed by atoms with Crippen molar-refractivity contribution >= 4 is 23.2 Å². The first kappa shape index (κ1) is 12.7. The van der Waals surface area contributed by atoms with Gasteiger partial charge in [-0.15, -0.1) is 0 Å². The number of ether oxygens (including phenoxy) is 1. The minimum atomic E-state index is -0.920. The fraction of sp³-hybridized carbons (Fsp3) is 0.385. The van der Waals surface area contributed by atoms with E-state index in [0.717, 1.165) is 0 Å². The van der Waals surface area contributed by atoms with Crippen molar-refractivity contribution in [2.24, 2.45) is 0 Å². The summed E-state index contributed by atoms with van der Waals surface area (Å²) >= 11 is 5.94.